The summed E-state index contributed by atoms with van der Waals surface area (Å²) in [5.41, 5.74) is 7.21. The quantitative estimate of drug-likeness (QED) is 0.277. The summed E-state index contributed by atoms with van der Waals surface area (Å²) in [4.78, 5) is 33.9. The van der Waals surface area contributed by atoms with Crippen molar-refractivity contribution in [2.45, 2.75) is 44.8 Å². The molecule has 0 aliphatic carbocycles. The maximum atomic E-state index is 13.1. The van der Waals surface area contributed by atoms with E-state index in [9.17, 15) is 9.59 Å². The number of nitrogen functional groups attached to an aromatic ring is 1. The van der Waals surface area contributed by atoms with Gasteiger partial charge in [-0.1, -0.05) is 47.7 Å². The Bertz CT molecular complexity index is 1530. The van der Waals surface area contributed by atoms with Gasteiger partial charge in [0, 0.05) is 18.6 Å². The number of aryl methyl sites for hydroxylation is 1. The van der Waals surface area contributed by atoms with Crippen LogP contribution in [0.2, 0.25) is 0 Å². The molecule has 4 atom stereocenters. The second-order valence-electron chi connectivity index (χ2n) is 8.66. The van der Waals surface area contributed by atoms with Gasteiger partial charge in [-0.3, -0.25) is 9.36 Å². The molecule has 0 spiro atoms. The minimum Gasteiger partial charge on any atom is -0.456 e. The standard InChI is InChI=1S/C26H24N4O6S2/c1-14-20-21(29-24(27)28-14)30(25(32)38-20)22-19(36-26(37)34-17-11-7-4-8-12-17)13-18(35-22)15(2)33-23(31)16-9-5-3-6-10-16/h3-12,15,18-19,22H,13H2,1-2H3,(H2,27,28,29)/t15?,18-,19+,22+/m0/s1. The summed E-state index contributed by atoms with van der Waals surface area (Å²) in [6.45, 7) is 3.48. The highest BCUT2D eigenvalue weighted by Gasteiger charge is 2.44. The Labute approximate surface area is 226 Å². The highest BCUT2D eigenvalue weighted by atomic mass is 32.1. The fourth-order valence-corrected chi connectivity index (χ4v) is 5.33. The molecule has 1 saturated heterocycles. The third-order valence-electron chi connectivity index (χ3n) is 6.02. The van der Waals surface area contributed by atoms with E-state index in [0.29, 0.717) is 27.4 Å². The van der Waals surface area contributed by atoms with Gasteiger partial charge in [-0.2, -0.15) is 4.98 Å². The van der Waals surface area contributed by atoms with Gasteiger partial charge in [-0.25, -0.2) is 9.78 Å². The van der Waals surface area contributed by atoms with E-state index in [4.69, 9.17) is 36.9 Å². The Balaban J connectivity index is 1.43. The van der Waals surface area contributed by atoms with Crippen molar-refractivity contribution in [1.29, 1.82) is 0 Å². The molecule has 4 aromatic rings. The smallest absolute Gasteiger partial charge is 0.358 e. The Hall–Kier alpha value is -3.87. The van der Waals surface area contributed by atoms with E-state index in [1.54, 1.807) is 50.2 Å². The molecule has 1 aliphatic heterocycles. The first-order chi connectivity index (χ1) is 18.3. The summed E-state index contributed by atoms with van der Waals surface area (Å²) >= 11 is 6.33. The predicted octanol–water partition coefficient (Wildman–Crippen LogP) is 4.03. The van der Waals surface area contributed by atoms with Gasteiger partial charge in [0.15, 0.2) is 18.0 Å². The van der Waals surface area contributed by atoms with E-state index < -0.39 is 30.5 Å². The lowest BCUT2D eigenvalue weighted by Gasteiger charge is -2.21. The number of thiazole rings is 1. The molecule has 0 amide bonds. The SMILES string of the molecule is Cc1nc(N)nc2c1sc(=O)n2[C@@H]1O[C@H](C(C)OC(=O)c2ccccc2)C[C@H]1OC(=S)Oc1ccccc1. The van der Waals surface area contributed by atoms with Gasteiger partial charge in [0.05, 0.1) is 16.0 Å². The Morgan fingerprint density at radius 1 is 1.16 bits per heavy atom. The van der Waals surface area contributed by atoms with Crippen molar-refractivity contribution in [2.75, 3.05) is 5.73 Å². The molecule has 2 aromatic heterocycles. The molecular weight excluding hydrogens is 528 g/mol. The average Bonchev–Trinajstić information content (AvgIpc) is 3.45. The van der Waals surface area contributed by atoms with Crippen LogP contribution in [0.3, 0.4) is 0 Å². The number of anilines is 1. The summed E-state index contributed by atoms with van der Waals surface area (Å²) in [7, 11) is 0. The van der Waals surface area contributed by atoms with Crippen LogP contribution < -0.4 is 15.3 Å². The number of nitrogens with two attached hydrogens (primary N) is 1. The van der Waals surface area contributed by atoms with Gasteiger partial charge in [0.25, 0.3) is 0 Å². The number of para-hydroxylation sites is 1. The summed E-state index contributed by atoms with van der Waals surface area (Å²) in [5.74, 6) is 0.0467. The van der Waals surface area contributed by atoms with Gasteiger partial charge < -0.3 is 24.7 Å². The maximum Gasteiger partial charge on any atom is 0.358 e. The van der Waals surface area contributed by atoms with E-state index in [2.05, 4.69) is 9.97 Å². The number of benzene rings is 2. The van der Waals surface area contributed by atoms with Gasteiger partial charge in [0.1, 0.15) is 18.0 Å². The molecule has 1 fully saturated rings. The molecule has 0 saturated carbocycles. The zero-order chi connectivity index (χ0) is 26.8. The Morgan fingerprint density at radius 2 is 1.84 bits per heavy atom. The molecule has 38 heavy (non-hydrogen) atoms. The van der Waals surface area contributed by atoms with Crippen molar-refractivity contribution in [3.63, 3.8) is 0 Å². The Morgan fingerprint density at radius 3 is 2.55 bits per heavy atom. The number of ether oxygens (including phenoxy) is 4. The van der Waals surface area contributed by atoms with Crippen LogP contribution in [0.5, 0.6) is 5.75 Å². The molecule has 196 valence electrons. The molecule has 1 unspecified atom stereocenters. The number of rotatable bonds is 6. The first-order valence-electron chi connectivity index (χ1n) is 11.8. The predicted molar refractivity (Wildman–Crippen MR) is 145 cm³/mol. The van der Waals surface area contributed by atoms with Crippen molar-refractivity contribution >= 4 is 51.1 Å². The van der Waals surface area contributed by atoms with Crippen molar-refractivity contribution in [3.05, 3.63) is 81.6 Å². The van der Waals surface area contributed by atoms with Crippen molar-refractivity contribution < 1.29 is 23.7 Å². The largest absolute Gasteiger partial charge is 0.456 e. The molecule has 2 N–H and O–H groups in total. The van der Waals surface area contributed by atoms with Crippen molar-refractivity contribution in [1.82, 2.24) is 14.5 Å². The topological polar surface area (TPSA) is 128 Å². The van der Waals surface area contributed by atoms with Crippen LogP contribution in [-0.2, 0) is 14.2 Å². The van der Waals surface area contributed by atoms with Gasteiger partial charge in [-0.05, 0) is 38.1 Å². The third kappa shape index (κ3) is 5.37. The van der Waals surface area contributed by atoms with E-state index in [0.717, 1.165) is 11.3 Å². The molecule has 0 bridgehead atoms. The minimum atomic E-state index is -0.940. The number of hydrogen-bond donors (Lipinski definition) is 1. The van der Waals surface area contributed by atoms with E-state index in [1.807, 2.05) is 24.3 Å². The second-order valence-corrected chi connectivity index (χ2v) is 9.95. The number of carbonyl (C=O) groups excluding carboxylic acids is 1. The highest BCUT2D eigenvalue weighted by Crippen LogP contribution is 2.36. The number of hydrogen-bond acceptors (Lipinski definition) is 11. The number of nitrogens with zero attached hydrogens (tertiary/aromatic N) is 3. The average molecular weight is 553 g/mol. The van der Waals surface area contributed by atoms with E-state index in [-0.39, 0.29) is 22.5 Å². The summed E-state index contributed by atoms with van der Waals surface area (Å²) in [6.07, 6.45) is -2.70. The zero-order valence-corrected chi connectivity index (χ0v) is 22.1. The van der Waals surface area contributed by atoms with Crippen molar-refractivity contribution in [2.24, 2.45) is 0 Å². The normalized spacial score (nSPS) is 19.7. The molecule has 0 radical (unpaired) electrons. The summed E-state index contributed by atoms with van der Waals surface area (Å²) in [5, 5.41) is -0.137. The zero-order valence-electron chi connectivity index (χ0n) is 20.5. The van der Waals surface area contributed by atoms with Crippen LogP contribution >= 0.6 is 23.6 Å². The van der Waals surface area contributed by atoms with Gasteiger partial charge in [0.2, 0.25) is 5.95 Å². The number of thiocarbonyl (C=S) groups is 1. The molecule has 5 rings (SSSR count). The fourth-order valence-electron chi connectivity index (χ4n) is 4.22. The fraction of sp³-hybridized carbons (Fsp3) is 0.269. The van der Waals surface area contributed by atoms with Crippen LogP contribution in [0.25, 0.3) is 10.3 Å². The number of aromatic nitrogens is 3. The van der Waals surface area contributed by atoms with Crippen molar-refractivity contribution in [3.8, 4) is 5.75 Å². The lowest BCUT2D eigenvalue weighted by atomic mass is 10.1. The molecule has 10 nitrogen and oxygen atoms in total. The number of fused-ring (bicyclic) bond motifs is 1. The molecule has 1 aliphatic rings. The van der Waals surface area contributed by atoms with E-state index in [1.165, 1.54) is 4.57 Å². The molecule has 2 aromatic carbocycles. The van der Waals surface area contributed by atoms with Crippen LogP contribution in [0.1, 0.15) is 35.6 Å². The summed E-state index contributed by atoms with van der Waals surface area (Å²) < 4.78 is 25.6. The third-order valence-corrected chi connectivity index (χ3v) is 7.25. The van der Waals surface area contributed by atoms with E-state index >= 15 is 0 Å². The Kier molecular flexibility index (Phi) is 7.36. The number of carbonyl (C=O) groups is 1. The molecular formula is C26H24N4O6S2. The lowest BCUT2D eigenvalue weighted by Crippen LogP contribution is -2.31. The first kappa shape index (κ1) is 25.8. The highest BCUT2D eigenvalue weighted by molar-refractivity contribution is 7.79. The monoisotopic (exact) mass is 552 g/mol. The summed E-state index contributed by atoms with van der Waals surface area (Å²) in [6, 6.07) is 17.6. The molecule has 3 heterocycles. The van der Waals surface area contributed by atoms with Crippen LogP contribution in [0.15, 0.2) is 65.5 Å². The van der Waals surface area contributed by atoms with Crippen LogP contribution in [0, 0.1) is 6.92 Å². The minimum absolute atomic E-state index is 0.0293. The molecule has 12 heteroatoms. The van der Waals surface area contributed by atoms with Crippen LogP contribution in [0.4, 0.5) is 5.95 Å². The lowest BCUT2D eigenvalue weighted by molar-refractivity contribution is -0.0757. The maximum absolute atomic E-state index is 13.1. The van der Waals surface area contributed by atoms with Crippen LogP contribution in [-0.4, -0.2) is 44.1 Å². The first-order valence-corrected chi connectivity index (χ1v) is 13.0. The van der Waals surface area contributed by atoms with Gasteiger partial charge in [-0.15, -0.1) is 0 Å². The van der Waals surface area contributed by atoms with Gasteiger partial charge >= 0.3 is 16.1 Å². The number of esters is 1. The second kappa shape index (κ2) is 10.9.